The summed E-state index contributed by atoms with van der Waals surface area (Å²) < 4.78 is 17.0. The molecule has 3 heteroatoms. The van der Waals surface area contributed by atoms with Gasteiger partial charge in [0.25, 0.3) is 0 Å². The Balaban J connectivity index is 1.99. The summed E-state index contributed by atoms with van der Waals surface area (Å²) in [5.41, 5.74) is 5.68. The third kappa shape index (κ3) is 3.16. The minimum atomic E-state index is -0.279. The van der Waals surface area contributed by atoms with Crippen molar-refractivity contribution in [2.45, 2.75) is 37.8 Å². The molecular weight excluding hydrogens is 145 g/mol. The Labute approximate surface area is 66.9 Å². The molecule has 0 heterocycles. The molecule has 2 atom stereocenters. The molecule has 1 saturated carbocycles. The van der Waals surface area contributed by atoms with Gasteiger partial charge in [-0.05, 0) is 25.7 Å². The highest BCUT2D eigenvalue weighted by Gasteiger charge is 2.21. The fraction of sp³-hybridized carbons (Fsp3) is 1.00. The third-order valence-electron chi connectivity index (χ3n) is 2.06. The summed E-state index contributed by atoms with van der Waals surface area (Å²) in [6.07, 6.45) is 3.88. The minimum absolute atomic E-state index is 0.279. The van der Waals surface area contributed by atoms with E-state index in [0.717, 1.165) is 19.3 Å². The number of nitrogens with two attached hydrogens (primary N) is 1. The van der Waals surface area contributed by atoms with Crippen molar-refractivity contribution in [1.29, 1.82) is 0 Å². The predicted molar refractivity (Wildman–Crippen MR) is 42.2 cm³/mol. The lowest BCUT2D eigenvalue weighted by Gasteiger charge is -2.09. The van der Waals surface area contributed by atoms with Crippen LogP contribution in [0.25, 0.3) is 0 Å². The Morgan fingerprint density at radius 3 is 2.82 bits per heavy atom. The second-order valence-corrected chi connectivity index (χ2v) is 3.11. The van der Waals surface area contributed by atoms with E-state index in [0.29, 0.717) is 25.2 Å². The largest absolute Gasteiger partial charge is 0.378 e. The Morgan fingerprint density at radius 2 is 2.27 bits per heavy atom. The Bertz CT molecular complexity index is 110. The number of hydrogen-bond acceptors (Lipinski definition) is 2. The number of halogens is 1. The lowest BCUT2D eigenvalue weighted by Crippen LogP contribution is -2.17. The normalized spacial score (nSPS) is 31.1. The molecule has 2 nitrogen and oxygen atoms in total. The van der Waals surface area contributed by atoms with Crippen LogP contribution in [0, 0.1) is 0 Å². The fourth-order valence-corrected chi connectivity index (χ4v) is 1.43. The van der Waals surface area contributed by atoms with E-state index in [1.807, 2.05) is 0 Å². The second-order valence-electron chi connectivity index (χ2n) is 3.11. The highest BCUT2D eigenvalue weighted by atomic mass is 19.1. The SMILES string of the molecule is NC1CCC(OCCCF)C1. The van der Waals surface area contributed by atoms with Crippen molar-refractivity contribution in [3.63, 3.8) is 0 Å². The standard InChI is InChI=1S/C8H16FNO/c9-4-1-5-11-8-3-2-7(10)6-8/h7-8H,1-6,10H2. The Hall–Kier alpha value is -0.150. The van der Waals surface area contributed by atoms with Gasteiger partial charge in [0.2, 0.25) is 0 Å². The van der Waals surface area contributed by atoms with E-state index in [4.69, 9.17) is 10.5 Å². The van der Waals surface area contributed by atoms with Crippen molar-refractivity contribution >= 4 is 0 Å². The average Bonchev–Trinajstić information content (AvgIpc) is 2.37. The highest BCUT2D eigenvalue weighted by molar-refractivity contribution is 4.77. The zero-order valence-corrected chi connectivity index (χ0v) is 6.76. The first-order valence-electron chi connectivity index (χ1n) is 4.26. The van der Waals surface area contributed by atoms with Crippen LogP contribution >= 0.6 is 0 Å². The maximum atomic E-state index is 11.6. The summed E-state index contributed by atoms with van der Waals surface area (Å²) in [6.45, 7) is 0.270. The van der Waals surface area contributed by atoms with E-state index in [-0.39, 0.29) is 6.67 Å². The summed E-state index contributed by atoms with van der Waals surface area (Å²) >= 11 is 0. The zero-order chi connectivity index (χ0) is 8.10. The Kier molecular flexibility index (Phi) is 3.80. The van der Waals surface area contributed by atoms with E-state index in [9.17, 15) is 4.39 Å². The van der Waals surface area contributed by atoms with Crippen LogP contribution in [0.2, 0.25) is 0 Å². The van der Waals surface area contributed by atoms with Crippen LogP contribution in [0.4, 0.5) is 4.39 Å². The van der Waals surface area contributed by atoms with Crippen molar-refractivity contribution < 1.29 is 9.13 Å². The van der Waals surface area contributed by atoms with Gasteiger partial charge in [-0.2, -0.15) is 0 Å². The molecule has 2 unspecified atom stereocenters. The molecule has 2 N–H and O–H groups in total. The molecule has 1 aliphatic rings. The lowest BCUT2D eigenvalue weighted by atomic mass is 10.3. The fourth-order valence-electron chi connectivity index (χ4n) is 1.43. The molecule has 0 aromatic heterocycles. The summed E-state index contributed by atoms with van der Waals surface area (Å²) in [7, 11) is 0. The molecule has 1 aliphatic carbocycles. The first kappa shape index (κ1) is 8.94. The first-order valence-corrected chi connectivity index (χ1v) is 4.26. The van der Waals surface area contributed by atoms with E-state index < -0.39 is 0 Å². The minimum Gasteiger partial charge on any atom is -0.378 e. The number of hydrogen-bond donors (Lipinski definition) is 1. The Morgan fingerprint density at radius 1 is 1.45 bits per heavy atom. The zero-order valence-electron chi connectivity index (χ0n) is 6.76. The maximum Gasteiger partial charge on any atom is 0.0916 e. The van der Waals surface area contributed by atoms with Crippen LogP contribution in [0.5, 0.6) is 0 Å². The van der Waals surface area contributed by atoms with Crippen molar-refractivity contribution in [2.75, 3.05) is 13.3 Å². The molecule has 0 bridgehead atoms. The molecule has 0 aliphatic heterocycles. The molecule has 0 amide bonds. The quantitative estimate of drug-likeness (QED) is 0.630. The average molecular weight is 161 g/mol. The molecule has 0 saturated heterocycles. The van der Waals surface area contributed by atoms with E-state index in [2.05, 4.69) is 0 Å². The smallest absolute Gasteiger partial charge is 0.0916 e. The van der Waals surface area contributed by atoms with Crippen LogP contribution in [0.3, 0.4) is 0 Å². The van der Waals surface area contributed by atoms with Crippen LogP contribution in [0.1, 0.15) is 25.7 Å². The van der Waals surface area contributed by atoms with Gasteiger partial charge < -0.3 is 10.5 Å². The summed E-state index contributed by atoms with van der Waals surface area (Å²) in [4.78, 5) is 0. The molecule has 66 valence electrons. The number of alkyl halides is 1. The van der Waals surface area contributed by atoms with Gasteiger partial charge in [-0.3, -0.25) is 4.39 Å². The van der Waals surface area contributed by atoms with Crippen LogP contribution < -0.4 is 5.73 Å². The predicted octanol–water partition coefficient (Wildman–Crippen LogP) is 1.24. The van der Waals surface area contributed by atoms with Crippen LogP contribution in [-0.4, -0.2) is 25.4 Å². The molecule has 0 radical (unpaired) electrons. The van der Waals surface area contributed by atoms with Crippen molar-refractivity contribution in [2.24, 2.45) is 5.73 Å². The van der Waals surface area contributed by atoms with Gasteiger partial charge >= 0.3 is 0 Å². The molecule has 0 aromatic rings. The van der Waals surface area contributed by atoms with Crippen LogP contribution in [0.15, 0.2) is 0 Å². The van der Waals surface area contributed by atoms with E-state index >= 15 is 0 Å². The number of ether oxygens (including phenoxy) is 1. The van der Waals surface area contributed by atoms with Gasteiger partial charge in [0.05, 0.1) is 12.8 Å². The van der Waals surface area contributed by atoms with E-state index in [1.54, 1.807) is 0 Å². The molecular formula is C8H16FNO. The molecule has 1 rings (SSSR count). The molecule has 11 heavy (non-hydrogen) atoms. The molecule has 0 aromatic carbocycles. The van der Waals surface area contributed by atoms with Gasteiger partial charge in [0.15, 0.2) is 0 Å². The number of rotatable bonds is 4. The first-order chi connectivity index (χ1) is 5.33. The van der Waals surface area contributed by atoms with Gasteiger partial charge in [0.1, 0.15) is 0 Å². The van der Waals surface area contributed by atoms with Crippen molar-refractivity contribution in [1.82, 2.24) is 0 Å². The van der Waals surface area contributed by atoms with Gasteiger partial charge in [-0.15, -0.1) is 0 Å². The molecule has 1 fully saturated rings. The van der Waals surface area contributed by atoms with E-state index in [1.165, 1.54) is 0 Å². The maximum absolute atomic E-state index is 11.6. The monoisotopic (exact) mass is 161 g/mol. The lowest BCUT2D eigenvalue weighted by molar-refractivity contribution is 0.0531. The highest BCUT2D eigenvalue weighted by Crippen LogP contribution is 2.20. The van der Waals surface area contributed by atoms with Gasteiger partial charge in [0, 0.05) is 12.6 Å². The van der Waals surface area contributed by atoms with Crippen molar-refractivity contribution in [3.8, 4) is 0 Å². The van der Waals surface area contributed by atoms with Crippen molar-refractivity contribution in [3.05, 3.63) is 0 Å². The molecule has 0 spiro atoms. The topological polar surface area (TPSA) is 35.2 Å². The second kappa shape index (κ2) is 4.67. The third-order valence-corrected chi connectivity index (χ3v) is 2.06. The van der Waals surface area contributed by atoms with Gasteiger partial charge in [-0.25, -0.2) is 0 Å². The van der Waals surface area contributed by atoms with Gasteiger partial charge in [-0.1, -0.05) is 0 Å². The summed E-state index contributed by atoms with van der Waals surface area (Å²) in [5, 5.41) is 0. The summed E-state index contributed by atoms with van der Waals surface area (Å²) in [5.74, 6) is 0. The summed E-state index contributed by atoms with van der Waals surface area (Å²) in [6, 6.07) is 0.311. The van der Waals surface area contributed by atoms with Crippen LogP contribution in [-0.2, 0) is 4.74 Å².